The van der Waals surface area contributed by atoms with Crippen LogP contribution in [0.1, 0.15) is 37.7 Å². The largest absolute Gasteiger partial charge is 0.481 e. The predicted molar refractivity (Wildman–Crippen MR) is 73.3 cm³/mol. The average Bonchev–Trinajstić information content (AvgIpc) is 2.35. The Hall–Kier alpha value is -0.730. The summed E-state index contributed by atoms with van der Waals surface area (Å²) < 4.78 is 0. The summed E-state index contributed by atoms with van der Waals surface area (Å²) in [5.41, 5.74) is 0.337. The highest BCUT2D eigenvalue weighted by Crippen LogP contribution is 2.40. The second kappa shape index (κ2) is 5.50. The zero-order valence-electron chi connectivity index (χ0n) is 10.1. The Labute approximate surface area is 117 Å². The van der Waals surface area contributed by atoms with Gasteiger partial charge in [0.15, 0.2) is 0 Å². The molecule has 18 heavy (non-hydrogen) atoms. The molecule has 1 aromatic carbocycles. The molecule has 0 heterocycles. The van der Waals surface area contributed by atoms with Gasteiger partial charge < -0.3 is 5.11 Å². The average molecular weight is 287 g/mol. The summed E-state index contributed by atoms with van der Waals surface area (Å²) in [5, 5.41) is 10.5. The number of carboxylic acids is 1. The van der Waals surface area contributed by atoms with Gasteiger partial charge in [-0.25, -0.2) is 0 Å². The van der Waals surface area contributed by atoms with E-state index in [1.807, 2.05) is 6.07 Å². The van der Waals surface area contributed by atoms with Crippen molar-refractivity contribution >= 4 is 29.2 Å². The smallest absolute Gasteiger partial charge is 0.309 e. The van der Waals surface area contributed by atoms with Crippen LogP contribution in [0, 0.1) is 5.41 Å². The van der Waals surface area contributed by atoms with Crippen LogP contribution < -0.4 is 0 Å². The third-order valence-electron chi connectivity index (χ3n) is 3.79. The van der Waals surface area contributed by atoms with Crippen molar-refractivity contribution in [3.8, 4) is 0 Å². The first-order valence-electron chi connectivity index (χ1n) is 6.21. The van der Waals surface area contributed by atoms with Crippen molar-refractivity contribution in [2.24, 2.45) is 5.41 Å². The first-order valence-corrected chi connectivity index (χ1v) is 6.96. The molecule has 1 aliphatic carbocycles. The quantitative estimate of drug-likeness (QED) is 0.884. The van der Waals surface area contributed by atoms with Crippen LogP contribution in [-0.4, -0.2) is 11.1 Å². The maximum atomic E-state index is 11.6. The Morgan fingerprint density at radius 3 is 2.39 bits per heavy atom. The second-order valence-electron chi connectivity index (χ2n) is 5.07. The summed E-state index contributed by atoms with van der Waals surface area (Å²) in [4.78, 5) is 11.6. The van der Waals surface area contributed by atoms with Gasteiger partial charge >= 0.3 is 5.97 Å². The molecule has 0 aromatic heterocycles. The van der Waals surface area contributed by atoms with E-state index in [0.717, 1.165) is 37.7 Å². The van der Waals surface area contributed by atoms with E-state index in [1.54, 1.807) is 12.1 Å². The minimum absolute atomic E-state index is 0.491. The first kappa shape index (κ1) is 13.7. The van der Waals surface area contributed by atoms with E-state index < -0.39 is 11.4 Å². The van der Waals surface area contributed by atoms with Crippen molar-refractivity contribution in [2.75, 3.05) is 0 Å². The molecule has 1 fully saturated rings. The van der Waals surface area contributed by atoms with Crippen molar-refractivity contribution in [2.45, 2.75) is 38.5 Å². The molecular formula is C14H16Cl2O2. The number of aliphatic carboxylic acids is 1. The van der Waals surface area contributed by atoms with Gasteiger partial charge in [0, 0.05) is 0 Å². The van der Waals surface area contributed by atoms with Crippen LogP contribution in [0.3, 0.4) is 0 Å². The maximum absolute atomic E-state index is 11.6. The lowest BCUT2D eigenvalue weighted by molar-refractivity contribution is -0.151. The lowest BCUT2D eigenvalue weighted by atomic mass is 9.70. The molecule has 0 amide bonds. The molecule has 1 aromatic rings. The monoisotopic (exact) mass is 286 g/mol. The van der Waals surface area contributed by atoms with E-state index in [4.69, 9.17) is 23.2 Å². The van der Waals surface area contributed by atoms with Crippen LogP contribution in [-0.2, 0) is 11.2 Å². The number of hydrogen-bond donors (Lipinski definition) is 1. The zero-order chi connectivity index (χ0) is 13.2. The summed E-state index contributed by atoms with van der Waals surface area (Å²) in [7, 11) is 0. The fourth-order valence-corrected chi connectivity index (χ4v) is 3.06. The highest BCUT2D eigenvalue weighted by atomic mass is 35.5. The van der Waals surface area contributed by atoms with Crippen LogP contribution in [0.25, 0.3) is 0 Å². The molecule has 0 aliphatic heterocycles. The highest BCUT2D eigenvalue weighted by Gasteiger charge is 2.39. The van der Waals surface area contributed by atoms with E-state index >= 15 is 0 Å². The summed E-state index contributed by atoms with van der Waals surface area (Å²) >= 11 is 11.8. The molecule has 0 spiro atoms. The lowest BCUT2D eigenvalue weighted by Gasteiger charge is -2.33. The van der Waals surface area contributed by atoms with E-state index in [-0.39, 0.29) is 0 Å². The van der Waals surface area contributed by atoms with Crippen LogP contribution in [0.15, 0.2) is 18.2 Å². The Balaban J connectivity index is 2.23. The van der Waals surface area contributed by atoms with Gasteiger partial charge in [-0.2, -0.15) is 0 Å². The fourth-order valence-electron chi connectivity index (χ4n) is 2.74. The Morgan fingerprint density at radius 2 is 1.83 bits per heavy atom. The van der Waals surface area contributed by atoms with E-state index in [9.17, 15) is 9.90 Å². The van der Waals surface area contributed by atoms with Gasteiger partial charge in [0.25, 0.3) is 0 Å². The molecule has 2 nitrogen and oxygen atoms in total. The third kappa shape index (κ3) is 2.81. The van der Waals surface area contributed by atoms with Crippen molar-refractivity contribution in [1.29, 1.82) is 0 Å². The van der Waals surface area contributed by atoms with Gasteiger partial charge in [0.05, 0.1) is 15.5 Å². The molecule has 0 saturated heterocycles. The third-order valence-corrected chi connectivity index (χ3v) is 4.53. The normalized spacial score (nSPS) is 18.6. The van der Waals surface area contributed by atoms with E-state index in [0.29, 0.717) is 16.5 Å². The van der Waals surface area contributed by atoms with Crippen LogP contribution in [0.2, 0.25) is 10.0 Å². The molecule has 2 rings (SSSR count). The minimum Gasteiger partial charge on any atom is -0.481 e. The topological polar surface area (TPSA) is 37.3 Å². The van der Waals surface area contributed by atoms with E-state index in [2.05, 4.69) is 0 Å². The summed E-state index contributed by atoms with van der Waals surface area (Å²) in [5.74, 6) is -0.687. The number of rotatable bonds is 3. The Kier molecular flexibility index (Phi) is 4.18. The second-order valence-corrected chi connectivity index (χ2v) is 5.89. The van der Waals surface area contributed by atoms with Crippen molar-refractivity contribution < 1.29 is 9.90 Å². The predicted octanol–water partition coefficient (Wildman–Crippen LogP) is 4.57. The van der Waals surface area contributed by atoms with Gasteiger partial charge in [-0.1, -0.05) is 48.5 Å². The minimum atomic E-state index is -0.687. The number of benzene rings is 1. The molecule has 4 heteroatoms. The molecule has 0 bridgehead atoms. The van der Waals surface area contributed by atoms with Crippen LogP contribution in [0.5, 0.6) is 0 Å². The van der Waals surface area contributed by atoms with E-state index in [1.165, 1.54) is 0 Å². The van der Waals surface area contributed by atoms with Gasteiger partial charge in [-0.15, -0.1) is 0 Å². The summed E-state index contributed by atoms with van der Waals surface area (Å²) in [6.45, 7) is 0. The molecular weight excluding hydrogens is 271 g/mol. The van der Waals surface area contributed by atoms with Crippen molar-refractivity contribution in [3.63, 3.8) is 0 Å². The van der Waals surface area contributed by atoms with Crippen molar-refractivity contribution in [1.82, 2.24) is 0 Å². The molecule has 0 radical (unpaired) electrons. The highest BCUT2D eigenvalue weighted by molar-refractivity contribution is 6.42. The van der Waals surface area contributed by atoms with Gasteiger partial charge in [-0.05, 0) is 37.0 Å². The Bertz CT molecular complexity index is 451. The fraction of sp³-hybridized carbons (Fsp3) is 0.500. The molecule has 0 unspecified atom stereocenters. The first-order chi connectivity index (χ1) is 8.53. The molecule has 1 N–H and O–H groups in total. The number of halogens is 2. The molecule has 0 atom stereocenters. The SMILES string of the molecule is O=C(O)C1(Cc2ccc(Cl)c(Cl)c2)CCCCC1. The number of hydrogen-bond acceptors (Lipinski definition) is 1. The van der Waals surface area contributed by atoms with Crippen LogP contribution >= 0.6 is 23.2 Å². The zero-order valence-corrected chi connectivity index (χ0v) is 11.6. The van der Waals surface area contributed by atoms with Crippen molar-refractivity contribution in [3.05, 3.63) is 33.8 Å². The standard InChI is InChI=1S/C14H16Cl2O2/c15-11-5-4-10(8-12(11)16)9-14(13(17)18)6-2-1-3-7-14/h4-5,8H,1-3,6-7,9H2,(H,17,18). The van der Waals surface area contributed by atoms with Crippen LogP contribution in [0.4, 0.5) is 0 Å². The van der Waals surface area contributed by atoms with Gasteiger partial charge in [0.2, 0.25) is 0 Å². The molecule has 98 valence electrons. The summed E-state index contributed by atoms with van der Waals surface area (Å²) in [6, 6.07) is 5.38. The van der Waals surface area contributed by atoms with Gasteiger partial charge in [0.1, 0.15) is 0 Å². The number of carboxylic acid groups (broad SMARTS) is 1. The summed E-state index contributed by atoms with van der Waals surface area (Å²) in [6.07, 6.45) is 5.17. The number of carbonyl (C=O) groups is 1. The molecule has 1 saturated carbocycles. The maximum Gasteiger partial charge on any atom is 0.309 e. The van der Waals surface area contributed by atoms with Gasteiger partial charge in [-0.3, -0.25) is 4.79 Å². The molecule has 1 aliphatic rings. The Morgan fingerprint density at radius 1 is 1.17 bits per heavy atom. The lowest BCUT2D eigenvalue weighted by Crippen LogP contribution is -2.35.